The SMILES string of the molecule is CC(=O)O[C@H]1C=CC(=O)[C@@H](O)C1. The highest BCUT2D eigenvalue weighted by molar-refractivity contribution is 5.94. The number of hydrogen-bond acceptors (Lipinski definition) is 4. The van der Waals surface area contributed by atoms with Crippen LogP contribution in [0.15, 0.2) is 12.2 Å². The van der Waals surface area contributed by atoms with Gasteiger partial charge in [0.1, 0.15) is 12.2 Å². The van der Waals surface area contributed by atoms with Crippen molar-refractivity contribution in [3.63, 3.8) is 0 Å². The molecule has 0 aliphatic heterocycles. The Morgan fingerprint density at radius 2 is 2.42 bits per heavy atom. The summed E-state index contributed by atoms with van der Waals surface area (Å²) in [7, 11) is 0. The predicted molar refractivity (Wildman–Crippen MR) is 40.3 cm³/mol. The number of rotatable bonds is 1. The molecule has 1 N–H and O–H groups in total. The topological polar surface area (TPSA) is 63.6 Å². The summed E-state index contributed by atoms with van der Waals surface area (Å²) in [6.07, 6.45) is 1.39. The Bertz CT molecular complexity index is 231. The van der Waals surface area contributed by atoms with Crippen molar-refractivity contribution in [3.05, 3.63) is 12.2 Å². The van der Waals surface area contributed by atoms with E-state index in [1.165, 1.54) is 19.1 Å². The number of hydrogen-bond donors (Lipinski definition) is 1. The van der Waals surface area contributed by atoms with Crippen molar-refractivity contribution in [3.8, 4) is 0 Å². The van der Waals surface area contributed by atoms with E-state index >= 15 is 0 Å². The number of esters is 1. The first-order valence-corrected chi connectivity index (χ1v) is 3.67. The average Bonchev–Trinajstić information content (AvgIpc) is 1.96. The molecule has 0 bridgehead atoms. The first kappa shape index (κ1) is 8.93. The van der Waals surface area contributed by atoms with E-state index < -0.39 is 18.2 Å². The minimum absolute atomic E-state index is 0.162. The van der Waals surface area contributed by atoms with Gasteiger partial charge < -0.3 is 9.84 Å². The van der Waals surface area contributed by atoms with Crippen LogP contribution in [0.5, 0.6) is 0 Å². The van der Waals surface area contributed by atoms with Crippen molar-refractivity contribution in [2.24, 2.45) is 0 Å². The molecule has 1 rings (SSSR count). The number of carbonyl (C=O) groups is 2. The Kier molecular flexibility index (Phi) is 2.60. The molecule has 0 aromatic carbocycles. The van der Waals surface area contributed by atoms with E-state index in [0.717, 1.165) is 0 Å². The van der Waals surface area contributed by atoms with Crippen LogP contribution in [0.4, 0.5) is 0 Å². The van der Waals surface area contributed by atoms with Gasteiger partial charge in [-0.25, -0.2) is 0 Å². The number of ketones is 1. The highest BCUT2D eigenvalue weighted by Gasteiger charge is 2.23. The molecule has 0 saturated carbocycles. The molecule has 66 valence electrons. The molecule has 12 heavy (non-hydrogen) atoms. The quantitative estimate of drug-likeness (QED) is 0.554. The minimum Gasteiger partial charge on any atom is -0.458 e. The second-order valence-electron chi connectivity index (χ2n) is 2.66. The lowest BCUT2D eigenvalue weighted by Gasteiger charge is -2.19. The van der Waals surface area contributed by atoms with Crippen molar-refractivity contribution < 1.29 is 19.4 Å². The molecule has 0 spiro atoms. The third-order valence-corrected chi connectivity index (χ3v) is 1.58. The molecule has 0 aromatic rings. The van der Waals surface area contributed by atoms with E-state index in [2.05, 4.69) is 0 Å². The van der Waals surface area contributed by atoms with E-state index in [1.54, 1.807) is 0 Å². The van der Waals surface area contributed by atoms with Crippen molar-refractivity contribution in [2.75, 3.05) is 0 Å². The molecule has 0 radical (unpaired) electrons. The zero-order chi connectivity index (χ0) is 9.14. The van der Waals surface area contributed by atoms with E-state index in [0.29, 0.717) is 0 Å². The Morgan fingerprint density at radius 3 is 2.92 bits per heavy atom. The lowest BCUT2D eigenvalue weighted by molar-refractivity contribution is -0.147. The van der Waals surface area contributed by atoms with Crippen molar-refractivity contribution >= 4 is 11.8 Å². The maximum absolute atomic E-state index is 10.7. The Labute approximate surface area is 69.8 Å². The number of ether oxygens (including phenoxy) is 1. The fraction of sp³-hybridized carbons (Fsp3) is 0.500. The van der Waals surface area contributed by atoms with Crippen LogP contribution in [-0.2, 0) is 14.3 Å². The van der Waals surface area contributed by atoms with Gasteiger partial charge in [-0.05, 0) is 12.2 Å². The Morgan fingerprint density at radius 1 is 1.75 bits per heavy atom. The molecule has 0 fully saturated rings. The molecule has 0 heterocycles. The van der Waals surface area contributed by atoms with Gasteiger partial charge in [0.05, 0.1) is 0 Å². The zero-order valence-electron chi connectivity index (χ0n) is 6.69. The maximum Gasteiger partial charge on any atom is 0.303 e. The van der Waals surface area contributed by atoms with Crippen LogP contribution in [0.1, 0.15) is 13.3 Å². The number of aliphatic hydroxyl groups is 1. The van der Waals surface area contributed by atoms with E-state index in [9.17, 15) is 9.59 Å². The zero-order valence-corrected chi connectivity index (χ0v) is 6.69. The summed E-state index contributed by atoms with van der Waals surface area (Å²) in [5, 5.41) is 9.07. The minimum atomic E-state index is -1.03. The maximum atomic E-state index is 10.7. The molecule has 0 saturated heterocycles. The Balaban J connectivity index is 2.55. The smallest absolute Gasteiger partial charge is 0.303 e. The van der Waals surface area contributed by atoms with Crippen LogP contribution in [0.3, 0.4) is 0 Å². The lowest BCUT2D eigenvalue weighted by atomic mass is 10.0. The van der Waals surface area contributed by atoms with Crippen LogP contribution in [-0.4, -0.2) is 29.1 Å². The van der Waals surface area contributed by atoms with Crippen LogP contribution in [0, 0.1) is 0 Å². The van der Waals surface area contributed by atoms with Gasteiger partial charge in [-0.3, -0.25) is 9.59 Å². The molecular formula is C8H10O4. The number of carbonyl (C=O) groups excluding carboxylic acids is 2. The molecule has 0 amide bonds. The summed E-state index contributed by atoms with van der Waals surface area (Å²) in [6, 6.07) is 0. The van der Waals surface area contributed by atoms with Gasteiger partial charge in [-0.2, -0.15) is 0 Å². The molecule has 1 aliphatic carbocycles. The van der Waals surface area contributed by atoms with Gasteiger partial charge in [-0.15, -0.1) is 0 Å². The van der Waals surface area contributed by atoms with Gasteiger partial charge in [0.15, 0.2) is 5.78 Å². The summed E-state index contributed by atoms with van der Waals surface area (Å²) in [6.45, 7) is 1.29. The predicted octanol–water partition coefficient (Wildman–Crippen LogP) is -0.192. The standard InChI is InChI=1S/C8H10O4/c1-5(9)12-6-2-3-7(10)8(11)4-6/h2-3,6,8,11H,4H2,1H3/t6-,8-/m0/s1. The molecule has 2 atom stereocenters. The van der Waals surface area contributed by atoms with Crippen LogP contribution < -0.4 is 0 Å². The van der Waals surface area contributed by atoms with Gasteiger partial charge in [-0.1, -0.05) is 0 Å². The second-order valence-corrected chi connectivity index (χ2v) is 2.66. The summed E-state index contributed by atoms with van der Waals surface area (Å²) in [5.74, 6) is -0.746. The molecule has 1 aliphatic rings. The van der Waals surface area contributed by atoms with Gasteiger partial charge in [0.2, 0.25) is 0 Å². The van der Waals surface area contributed by atoms with Crippen LogP contribution in [0.25, 0.3) is 0 Å². The van der Waals surface area contributed by atoms with Crippen LogP contribution >= 0.6 is 0 Å². The summed E-state index contributed by atoms with van der Waals surface area (Å²) < 4.78 is 4.77. The van der Waals surface area contributed by atoms with E-state index in [4.69, 9.17) is 9.84 Å². The lowest BCUT2D eigenvalue weighted by Crippen LogP contribution is -2.30. The number of aliphatic hydroxyl groups excluding tert-OH is 1. The normalized spacial score (nSPS) is 28.7. The monoisotopic (exact) mass is 170 g/mol. The Hall–Kier alpha value is -1.16. The van der Waals surface area contributed by atoms with Gasteiger partial charge in [0.25, 0.3) is 0 Å². The van der Waals surface area contributed by atoms with Gasteiger partial charge in [0, 0.05) is 13.3 Å². The van der Waals surface area contributed by atoms with Crippen molar-refractivity contribution in [1.82, 2.24) is 0 Å². The first-order valence-electron chi connectivity index (χ1n) is 3.67. The largest absolute Gasteiger partial charge is 0.458 e. The van der Waals surface area contributed by atoms with Crippen molar-refractivity contribution in [2.45, 2.75) is 25.6 Å². The van der Waals surface area contributed by atoms with E-state index in [-0.39, 0.29) is 12.2 Å². The highest BCUT2D eigenvalue weighted by atomic mass is 16.5. The highest BCUT2D eigenvalue weighted by Crippen LogP contribution is 2.11. The summed E-state index contributed by atoms with van der Waals surface area (Å²) >= 11 is 0. The van der Waals surface area contributed by atoms with Gasteiger partial charge >= 0.3 is 5.97 Å². The molecule has 0 aromatic heterocycles. The summed E-state index contributed by atoms with van der Waals surface area (Å²) in [4.78, 5) is 21.2. The molecule has 4 heteroatoms. The fourth-order valence-electron chi connectivity index (χ4n) is 1.03. The molecule has 0 unspecified atom stereocenters. The van der Waals surface area contributed by atoms with Crippen LogP contribution in [0.2, 0.25) is 0 Å². The third-order valence-electron chi connectivity index (χ3n) is 1.58. The third kappa shape index (κ3) is 2.17. The first-order chi connectivity index (χ1) is 5.59. The average molecular weight is 170 g/mol. The second kappa shape index (κ2) is 3.49. The molecule has 4 nitrogen and oxygen atoms in total. The van der Waals surface area contributed by atoms with Crippen molar-refractivity contribution in [1.29, 1.82) is 0 Å². The fourth-order valence-corrected chi connectivity index (χ4v) is 1.03. The molecular weight excluding hydrogens is 160 g/mol. The summed E-state index contributed by atoms with van der Waals surface area (Å²) in [5.41, 5.74) is 0. The van der Waals surface area contributed by atoms with E-state index in [1.807, 2.05) is 0 Å².